The number of benzene rings is 3. The van der Waals surface area contributed by atoms with Crippen LogP contribution in [-0.2, 0) is 14.8 Å². The summed E-state index contributed by atoms with van der Waals surface area (Å²) < 4.78 is 28.2. The molecule has 3 aromatic rings. The highest BCUT2D eigenvalue weighted by Crippen LogP contribution is 2.43. The van der Waals surface area contributed by atoms with E-state index in [9.17, 15) is 13.2 Å². The summed E-state index contributed by atoms with van der Waals surface area (Å²) in [5.41, 5.74) is 2.08. The molecule has 0 unspecified atom stereocenters. The molecule has 0 bridgehead atoms. The summed E-state index contributed by atoms with van der Waals surface area (Å²) >= 11 is 15.5. The Morgan fingerprint density at radius 1 is 1.00 bits per heavy atom. The van der Waals surface area contributed by atoms with E-state index in [0.29, 0.717) is 37.0 Å². The second-order valence-corrected chi connectivity index (χ2v) is 9.88. The molecule has 0 spiro atoms. The van der Waals surface area contributed by atoms with Gasteiger partial charge in [-0.05, 0) is 58.4 Å². The van der Waals surface area contributed by atoms with E-state index in [0.717, 1.165) is 4.31 Å². The smallest absolute Gasteiger partial charge is 0.265 e. The largest absolute Gasteiger partial charge is 0.324 e. The molecule has 0 aromatic heterocycles. The van der Waals surface area contributed by atoms with Gasteiger partial charge in [-0.15, -0.1) is 0 Å². The predicted octanol–water partition coefficient (Wildman–Crippen LogP) is 5.57. The number of anilines is 2. The molecule has 0 atom stereocenters. The van der Waals surface area contributed by atoms with Crippen LogP contribution in [0.3, 0.4) is 0 Å². The first-order valence-electron chi connectivity index (χ1n) is 8.44. The summed E-state index contributed by atoms with van der Waals surface area (Å²) in [4.78, 5) is 12.8. The van der Waals surface area contributed by atoms with Crippen LogP contribution in [0.25, 0.3) is 11.1 Å². The molecule has 148 valence electrons. The number of amides is 1. The van der Waals surface area contributed by atoms with Crippen molar-refractivity contribution < 1.29 is 13.2 Å². The molecule has 1 aliphatic rings. The first-order chi connectivity index (χ1) is 13.8. The molecule has 5 nitrogen and oxygen atoms in total. The lowest BCUT2D eigenvalue weighted by atomic mass is 10.0. The zero-order valence-corrected chi connectivity index (χ0v) is 18.6. The molecule has 1 heterocycles. The average molecular weight is 512 g/mol. The van der Waals surface area contributed by atoms with E-state index in [-0.39, 0.29) is 11.4 Å². The molecule has 9 heteroatoms. The van der Waals surface area contributed by atoms with Gasteiger partial charge in [-0.3, -0.25) is 9.10 Å². The fourth-order valence-electron chi connectivity index (χ4n) is 3.18. The van der Waals surface area contributed by atoms with Crippen molar-refractivity contribution in [1.29, 1.82) is 0 Å². The average Bonchev–Trinajstić information content (AvgIpc) is 2.68. The summed E-state index contributed by atoms with van der Waals surface area (Å²) in [6, 6.07) is 16.5. The number of sulfonamides is 1. The van der Waals surface area contributed by atoms with E-state index in [4.69, 9.17) is 23.2 Å². The number of carbonyl (C=O) groups excluding carboxylic acids is 1. The van der Waals surface area contributed by atoms with Crippen LogP contribution < -0.4 is 9.62 Å². The Balaban J connectivity index is 1.72. The zero-order valence-electron chi connectivity index (χ0n) is 14.7. The number of rotatable bonds is 3. The van der Waals surface area contributed by atoms with Gasteiger partial charge in [0.05, 0.1) is 15.6 Å². The Hall–Kier alpha value is -2.06. The molecule has 29 heavy (non-hydrogen) atoms. The van der Waals surface area contributed by atoms with Crippen molar-refractivity contribution in [3.05, 3.63) is 75.2 Å². The minimum absolute atomic E-state index is 0.134. The van der Waals surface area contributed by atoms with E-state index >= 15 is 0 Å². The Morgan fingerprint density at radius 2 is 1.76 bits per heavy atom. The van der Waals surface area contributed by atoms with Crippen molar-refractivity contribution >= 4 is 66.4 Å². The lowest BCUT2D eigenvalue weighted by Crippen LogP contribution is -2.40. The molecule has 3 aromatic carbocycles. The minimum atomic E-state index is -3.92. The molecule has 0 aliphatic carbocycles. The zero-order chi connectivity index (χ0) is 20.8. The second kappa shape index (κ2) is 7.65. The summed E-state index contributed by atoms with van der Waals surface area (Å²) in [6.45, 7) is -0.390. The van der Waals surface area contributed by atoms with Crippen LogP contribution in [0.15, 0.2) is 70.0 Å². The lowest BCUT2D eigenvalue weighted by Gasteiger charge is -2.31. The maximum atomic E-state index is 13.2. The second-order valence-electron chi connectivity index (χ2n) is 6.35. The number of hydrogen-bond donors (Lipinski definition) is 1. The number of carbonyl (C=O) groups is 1. The van der Waals surface area contributed by atoms with Gasteiger partial charge in [0.2, 0.25) is 5.91 Å². The summed E-state index contributed by atoms with van der Waals surface area (Å²) in [7, 11) is -3.92. The lowest BCUT2D eigenvalue weighted by molar-refractivity contribution is -0.114. The number of halogens is 3. The fourth-order valence-corrected chi connectivity index (χ4v) is 5.43. The Morgan fingerprint density at radius 3 is 2.52 bits per heavy atom. The molecular weight excluding hydrogens is 499 g/mol. The first-order valence-corrected chi connectivity index (χ1v) is 11.4. The molecule has 0 radical (unpaired) electrons. The quantitative estimate of drug-likeness (QED) is 0.499. The van der Waals surface area contributed by atoms with E-state index in [2.05, 4.69) is 21.2 Å². The standard InChI is InChI=1S/C20H13BrCl2N2O3S/c21-16-7-6-13(10-17(16)23)24-20(26)11-25-18-8-5-12(22)9-15(18)14-3-1-2-4-19(14)29(25,27)28/h1-10H,11H2,(H,24,26). The number of hydrogen-bond acceptors (Lipinski definition) is 3. The van der Waals surface area contributed by atoms with E-state index < -0.39 is 15.9 Å². The third kappa shape index (κ3) is 3.75. The van der Waals surface area contributed by atoms with E-state index in [1.54, 1.807) is 54.6 Å². The van der Waals surface area contributed by atoms with Gasteiger partial charge in [-0.1, -0.05) is 41.4 Å². The van der Waals surface area contributed by atoms with Crippen molar-refractivity contribution in [2.75, 3.05) is 16.2 Å². The maximum Gasteiger partial charge on any atom is 0.265 e. The van der Waals surface area contributed by atoms with Gasteiger partial charge >= 0.3 is 0 Å². The fraction of sp³-hybridized carbons (Fsp3) is 0.0500. The van der Waals surface area contributed by atoms with Gasteiger partial charge in [0, 0.05) is 26.3 Å². The molecule has 1 amide bonds. The third-order valence-corrected chi connectivity index (χ3v) is 7.75. The number of nitrogens with one attached hydrogen (secondary N) is 1. The molecule has 4 rings (SSSR count). The summed E-state index contributed by atoms with van der Waals surface area (Å²) in [5.74, 6) is -0.493. The van der Waals surface area contributed by atoms with Crippen LogP contribution in [0.1, 0.15) is 0 Å². The van der Waals surface area contributed by atoms with Gasteiger partial charge in [0.1, 0.15) is 6.54 Å². The normalized spacial score (nSPS) is 14.1. The summed E-state index contributed by atoms with van der Waals surface area (Å²) in [5, 5.41) is 3.60. The highest BCUT2D eigenvalue weighted by atomic mass is 79.9. The van der Waals surface area contributed by atoms with Gasteiger partial charge in [0.15, 0.2) is 0 Å². The van der Waals surface area contributed by atoms with Crippen LogP contribution in [0.5, 0.6) is 0 Å². The number of nitrogens with zero attached hydrogens (tertiary/aromatic N) is 1. The van der Waals surface area contributed by atoms with Crippen molar-refractivity contribution in [1.82, 2.24) is 0 Å². The monoisotopic (exact) mass is 510 g/mol. The third-order valence-electron chi connectivity index (χ3n) is 4.46. The van der Waals surface area contributed by atoms with Crippen LogP contribution in [0, 0.1) is 0 Å². The highest BCUT2D eigenvalue weighted by molar-refractivity contribution is 9.10. The first kappa shape index (κ1) is 20.2. The van der Waals surface area contributed by atoms with Crippen LogP contribution in [-0.4, -0.2) is 20.9 Å². The van der Waals surface area contributed by atoms with E-state index in [1.807, 2.05) is 0 Å². The molecule has 0 fully saturated rings. The van der Waals surface area contributed by atoms with Gasteiger partial charge in [-0.25, -0.2) is 8.42 Å². The number of fused-ring (bicyclic) bond motifs is 3. The van der Waals surface area contributed by atoms with Crippen molar-refractivity contribution in [3.63, 3.8) is 0 Å². The molecule has 0 saturated heterocycles. The molecule has 0 saturated carbocycles. The molecular formula is C20H13BrCl2N2O3S. The van der Waals surface area contributed by atoms with Gasteiger partial charge in [-0.2, -0.15) is 0 Å². The Bertz CT molecular complexity index is 1250. The van der Waals surface area contributed by atoms with Crippen molar-refractivity contribution in [2.24, 2.45) is 0 Å². The molecule has 1 aliphatic heterocycles. The minimum Gasteiger partial charge on any atom is -0.324 e. The van der Waals surface area contributed by atoms with Crippen LogP contribution in [0.2, 0.25) is 10.0 Å². The van der Waals surface area contributed by atoms with Crippen molar-refractivity contribution in [2.45, 2.75) is 4.90 Å². The van der Waals surface area contributed by atoms with Gasteiger partial charge in [0.25, 0.3) is 10.0 Å². The van der Waals surface area contributed by atoms with Crippen LogP contribution in [0.4, 0.5) is 11.4 Å². The molecule has 1 N–H and O–H groups in total. The van der Waals surface area contributed by atoms with Gasteiger partial charge < -0.3 is 5.32 Å². The van der Waals surface area contributed by atoms with Crippen LogP contribution >= 0.6 is 39.1 Å². The topological polar surface area (TPSA) is 66.5 Å². The summed E-state index contributed by atoms with van der Waals surface area (Å²) in [6.07, 6.45) is 0. The SMILES string of the molecule is O=C(CN1c2ccc(Cl)cc2-c2ccccc2S1(=O)=O)Nc1ccc(Br)c(Cl)c1. The highest BCUT2D eigenvalue weighted by Gasteiger charge is 2.35. The predicted molar refractivity (Wildman–Crippen MR) is 119 cm³/mol. The Labute approximate surface area is 186 Å². The van der Waals surface area contributed by atoms with Crippen molar-refractivity contribution in [3.8, 4) is 11.1 Å². The maximum absolute atomic E-state index is 13.2. The Kier molecular flexibility index (Phi) is 5.33. The van der Waals surface area contributed by atoms with E-state index in [1.165, 1.54) is 6.07 Å².